The molecule has 0 saturated carbocycles. The molecule has 0 unspecified atom stereocenters. The van der Waals surface area contributed by atoms with Crippen LogP contribution in [-0.4, -0.2) is 22.9 Å². The highest BCUT2D eigenvalue weighted by molar-refractivity contribution is 9.10. The lowest BCUT2D eigenvalue weighted by Crippen LogP contribution is -2.29. The van der Waals surface area contributed by atoms with E-state index in [0.29, 0.717) is 16.6 Å². The minimum atomic E-state index is -0.901. The van der Waals surface area contributed by atoms with Gasteiger partial charge in [0, 0.05) is 16.6 Å². The number of amides is 2. The molecule has 0 spiro atoms. The van der Waals surface area contributed by atoms with E-state index in [9.17, 15) is 18.8 Å². The number of aliphatic carboxylic acids is 1. The Bertz CT molecular complexity index is 809. The zero-order valence-corrected chi connectivity index (χ0v) is 14.5. The third-order valence-corrected chi connectivity index (χ3v) is 3.88. The molecular formula is C17H14BrFN2O4. The monoisotopic (exact) mass is 408 g/mol. The van der Waals surface area contributed by atoms with E-state index in [-0.39, 0.29) is 12.1 Å². The van der Waals surface area contributed by atoms with Gasteiger partial charge in [0.25, 0.3) is 0 Å². The number of aryl methyl sites for hydroxylation is 1. The maximum atomic E-state index is 13.0. The number of halogens is 2. The average Bonchev–Trinajstić information content (AvgIpc) is 2.56. The van der Waals surface area contributed by atoms with E-state index in [1.54, 1.807) is 24.3 Å². The first-order chi connectivity index (χ1) is 11.8. The number of carboxylic acids is 1. The van der Waals surface area contributed by atoms with Crippen molar-refractivity contribution in [1.29, 1.82) is 0 Å². The van der Waals surface area contributed by atoms with Crippen molar-refractivity contribution in [2.75, 3.05) is 10.6 Å². The molecule has 2 aromatic carbocycles. The number of carbonyl (C=O) groups is 3. The third-order valence-electron chi connectivity index (χ3n) is 3.22. The minimum absolute atomic E-state index is 0.0145. The molecule has 0 atom stereocenters. The van der Waals surface area contributed by atoms with Gasteiger partial charge in [-0.15, -0.1) is 0 Å². The number of carboxylic acid groups (broad SMARTS) is 1. The molecule has 0 heterocycles. The second-order valence-electron chi connectivity index (χ2n) is 5.12. The summed E-state index contributed by atoms with van der Waals surface area (Å²) in [6.07, 6.45) is 0.392. The smallest absolute Gasteiger partial charge is 0.314 e. The highest BCUT2D eigenvalue weighted by Gasteiger charge is 2.15. The Balaban J connectivity index is 1.94. The molecule has 2 rings (SSSR count). The van der Waals surface area contributed by atoms with Crippen LogP contribution in [0.15, 0.2) is 46.9 Å². The van der Waals surface area contributed by atoms with Gasteiger partial charge < -0.3 is 15.7 Å². The van der Waals surface area contributed by atoms with Crippen LogP contribution in [0.5, 0.6) is 0 Å². The molecule has 2 amide bonds. The van der Waals surface area contributed by atoms with Crippen molar-refractivity contribution in [2.24, 2.45) is 0 Å². The van der Waals surface area contributed by atoms with Gasteiger partial charge >= 0.3 is 17.8 Å². The summed E-state index contributed by atoms with van der Waals surface area (Å²) in [6.45, 7) is 0. The second-order valence-corrected chi connectivity index (χ2v) is 5.98. The van der Waals surface area contributed by atoms with Gasteiger partial charge in [-0.05, 0) is 58.2 Å². The zero-order valence-electron chi connectivity index (χ0n) is 12.9. The SMILES string of the molecule is O=C(O)CCc1ccc(NC(=O)C(=O)Nc2ccc(F)cc2Br)cc1. The fourth-order valence-corrected chi connectivity index (χ4v) is 2.41. The van der Waals surface area contributed by atoms with Crippen LogP contribution in [0, 0.1) is 5.82 Å². The van der Waals surface area contributed by atoms with Crippen LogP contribution in [0.2, 0.25) is 0 Å². The van der Waals surface area contributed by atoms with E-state index in [1.165, 1.54) is 12.1 Å². The lowest BCUT2D eigenvalue weighted by molar-refractivity contribution is -0.137. The predicted octanol–water partition coefficient (Wildman–Crippen LogP) is 3.18. The summed E-state index contributed by atoms with van der Waals surface area (Å²) in [7, 11) is 0. The molecule has 0 aromatic heterocycles. The van der Waals surface area contributed by atoms with Crippen LogP contribution in [0.3, 0.4) is 0 Å². The molecule has 0 bridgehead atoms. The molecule has 0 radical (unpaired) electrons. The van der Waals surface area contributed by atoms with Crippen molar-refractivity contribution >= 4 is 45.1 Å². The molecule has 0 fully saturated rings. The number of nitrogens with one attached hydrogen (secondary N) is 2. The quantitative estimate of drug-likeness (QED) is 0.661. The topological polar surface area (TPSA) is 95.5 Å². The Hall–Kier alpha value is -2.74. The van der Waals surface area contributed by atoms with Crippen molar-refractivity contribution in [1.82, 2.24) is 0 Å². The largest absolute Gasteiger partial charge is 0.481 e. The molecule has 0 aliphatic rings. The number of carbonyl (C=O) groups excluding carboxylic acids is 2. The van der Waals surface area contributed by atoms with E-state index in [4.69, 9.17) is 5.11 Å². The highest BCUT2D eigenvalue weighted by atomic mass is 79.9. The van der Waals surface area contributed by atoms with Gasteiger partial charge in [0.2, 0.25) is 0 Å². The number of anilines is 2. The first-order valence-corrected chi connectivity index (χ1v) is 8.02. The maximum absolute atomic E-state index is 13.0. The molecular weight excluding hydrogens is 395 g/mol. The molecule has 25 heavy (non-hydrogen) atoms. The van der Waals surface area contributed by atoms with Crippen LogP contribution < -0.4 is 10.6 Å². The summed E-state index contributed by atoms with van der Waals surface area (Å²) in [5, 5.41) is 13.4. The lowest BCUT2D eigenvalue weighted by atomic mass is 10.1. The fraction of sp³-hybridized carbons (Fsp3) is 0.118. The summed E-state index contributed by atoms with van der Waals surface area (Å²) in [5.41, 5.74) is 1.48. The van der Waals surface area contributed by atoms with Gasteiger partial charge in [0.1, 0.15) is 5.82 Å². The number of hydrogen-bond acceptors (Lipinski definition) is 3. The van der Waals surface area contributed by atoms with Gasteiger partial charge in [0.15, 0.2) is 0 Å². The van der Waals surface area contributed by atoms with E-state index in [0.717, 1.165) is 11.6 Å². The maximum Gasteiger partial charge on any atom is 0.314 e. The first kappa shape index (κ1) is 18.6. The third kappa shape index (κ3) is 5.68. The summed E-state index contributed by atoms with van der Waals surface area (Å²) in [5.74, 6) is -3.14. The summed E-state index contributed by atoms with van der Waals surface area (Å²) >= 11 is 3.10. The van der Waals surface area contributed by atoms with E-state index < -0.39 is 23.6 Å². The van der Waals surface area contributed by atoms with Crippen LogP contribution in [0.1, 0.15) is 12.0 Å². The van der Waals surface area contributed by atoms with Gasteiger partial charge in [-0.3, -0.25) is 14.4 Å². The van der Waals surface area contributed by atoms with Gasteiger partial charge in [-0.25, -0.2) is 4.39 Å². The Morgan fingerprint density at radius 1 is 1.00 bits per heavy atom. The Kier molecular flexibility index (Phi) is 6.24. The van der Waals surface area contributed by atoms with Crippen molar-refractivity contribution < 1.29 is 23.9 Å². The zero-order chi connectivity index (χ0) is 18.4. The number of hydrogen-bond donors (Lipinski definition) is 3. The van der Waals surface area contributed by atoms with Gasteiger partial charge in [-0.2, -0.15) is 0 Å². The molecule has 0 aliphatic carbocycles. The average molecular weight is 409 g/mol. The van der Waals surface area contributed by atoms with Crippen LogP contribution in [-0.2, 0) is 20.8 Å². The predicted molar refractivity (Wildman–Crippen MR) is 93.8 cm³/mol. The molecule has 6 nitrogen and oxygen atoms in total. The summed E-state index contributed by atoms with van der Waals surface area (Å²) in [6, 6.07) is 10.2. The lowest BCUT2D eigenvalue weighted by Gasteiger charge is -2.08. The van der Waals surface area contributed by atoms with Crippen LogP contribution in [0.25, 0.3) is 0 Å². The van der Waals surface area contributed by atoms with Crippen molar-refractivity contribution in [3.63, 3.8) is 0 Å². The molecule has 130 valence electrons. The Morgan fingerprint density at radius 2 is 1.64 bits per heavy atom. The van der Waals surface area contributed by atoms with E-state index in [1.807, 2.05) is 0 Å². The van der Waals surface area contributed by atoms with Crippen molar-refractivity contribution in [3.8, 4) is 0 Å². The highest BCUT2D eigenvalue weighted by Crippen LogP contribution is 2.23. The second kappa shape index (κ2) is 8.39. The molecule has 0 aliphatic heterocycles. The van der Waals surface area contributed by atoms with Gasteiger partial charge in [-0.1, -0.05) is 12.1 Å². The standard InChI is InChI=1S/C17H14BrFN2O4/c18-13-9-11(19)4-7-14(13)21-17(25)16(24)20-12-5-1-10(2-6-12)3-8-15(22)23/h1-2,4-7,9H,3,8H2,(H,20,24)(H,21,25)(H,22,23). The molecule has 0 saturated heterocycles. The molecule has 8 heteroatoms. The van der Waals surface area contributed by atoms with Gasteiger partial charge in [0.05, 0.1) is 5.69 Å². The van der Waals surface area contributed by atoms with Crippen LogP contribution >= 0.6 is 15.9 Å². The number of rotatable bonds is 5. The summed E-state index contributed by atoms with van der Waals surface area (Å²) < 4.78 is 13.3. The van der Waals surface area contributed by atoms with E-state index >= 15 is 0 Å². The fourth-order valence-electron chi connectivity index (χ4n) is 1.96. The van der Waals surface area contributed by atoms with Crippen LogP contribution in [0.4, 0.5) is 15.8 Å². The minimum Gasteiger partial charge on any atom is -0.481 e. The van der Waals surface area contributed by atoms with Crippen molar-refractivity contribution in [3.05, 3.63) is 58.3 Å². The molecule has 3 N–H and O–H groups in total. The molecule has 2 aromatic rings. The normalized spacial score (nSPS) is 10.2. The van der Waals surface area contributed by atoms with Crippen molar-refractivity contribution in [2.45, 2.75) is 12.8 Å². The first-order valence-electron chi connectivity index (χ1n) is 7.23. The Labute approximate surface area is 151 Å². The number of benzene rings is 2. The Morgan fingerprint density at radius 3 is 2.24 bits per heavy atom. The summed E-state index contributed by atoms with van der Waals surface area (Å²) in [4.78, 5) is 34.3. The van der Waals surface area contributed by atoms with E-state index in [2.05, 4.69) is 26.6 Å².